The lowest BCUT2D eigenvalue weighted by Gasteiger charge is -2.11. The molecule has 0 rings (SSSR count). The van der Waals surface area contributed by atoms with Crippen LogP contribution in [0.1, 0.15) is 13.8 Å². The molecule has 5 heteroatoms. The van der Waals surface area contributed by atoms with E-state index in [1.165, 1.54) is 0 Å². The number of hydrogen-bond donors (Lipinski definition) is 2. The van der Waals surface area contributed by atoms with Crippen molar-refractivity contribution in [1.29, 1.82) is 0 Å². The minimum absolute atomic E-state index is 0.0799. The van der Waals surface area contributed by atoms with E-state index in [0.29, 0.717) is 12.3 Å². The van der Waals surface area contributed by atoms with Crippen LogP contribution in [0.15, 0.2) is 0 Å². The van der Waals surface area contributed by atoms with Gasteiger partial charge in [0.2, 0.25) is 5.91 Å². The van der Waals surface area contributed by atoms with Crippen LogP contribution >= 0.6 is 7.14 Å². The zero-order valence-electron chi connectivity index (χ0n) is 6.96. The van der Waals surface area contributed by atoms with E-state index in [1.807, 2.05) is 19.3 Å². The predicted molar refractivity (Wildman–Crippen MR) is 45.9 cm³/mol. The first-order valence-corrected chi connectivity index (χ1v) is 5.90. The molecule has 0 aromatic heterocycles. The maximum Gasteiger partial charge on any atom is 0.241 e. The van der Waals surface area contributed by atoms with Crippen molar-refractivity contribution < 1.29 is 9.36 Å². The van der Waals surface area contributed by atoms with Gasteiger partial charge in [-0.05, 0) is 12.3 Å². The average molecular weight is 178 g/mol. The van der Waals surface area contributed by atoms with Gasteiger partial charge in [0.05, 0.1) is 13.3 Å². The SMILES string of the molecule is CCP(=O)(CC)CC(=O)NN. The van der Waals surface area contributed by atoms with Crippen LogP contribution in [0.2, 0.25) is 0 Å². The summed E-state index contributed by atoms with van der Waals surface area (Å²) in [5, 5.41) is 0. The number of carbonyl (C=O) groups is 1. The summed E-state index contributed by atoms with van der Waals surface area (Å²) in [5.41, 5.74) is 1.98. The van der Waals surface area contributed by atoms with E-state index < -0.39 is 7.14 Å². The van der Waals surface area contributed by atoms with Crippen molar-refractivity contribution in [3.8, 4) is 0 Å². The van der Waals surface area contributed by atoms with Crippen molar-refractivity contribution in [1.82, 2.24) is 5.43 Å². The Bertz CT molecular complexity index is 173. The largest absolute Gasteiger partial charge is 0.323 e. The van der Waals surface area contributed by atoms with E-state index in [4.69, 9.17) is 5.84 Å². The zero-order valence-corrected chi connectivity index (χ0v) is 7.86. The van der Waals surface area contributed by atoms with Gasteiger partial charge in [-0.2, -0.15) is 0 Å². The summed E-state index contributed by atoms with van der Waals surface area (Å²) in [5.74, 6) is 4.53. The minimum Gasteiger partial charge on any atom is -0.323 e. The summed E-state index contributed by atoms with van der Waals surface area (Å²) in [6.45, 7) is 3.65. The smallest absolute Gasteiger partial charge is 0.241 e. The maximum absolute atomic E-state index is 11.6. The van der Waals surface area contributed by atoms with Crippen LogP contribution in [-0.2, 0) is 9.36 Å². The van der Waals surface area contributed by atoms with Gasteiger partial charge in [0, 0.05) is 0 Å². The van der Waals surface area contributed by atoms with Gasteiger partial charge in [-0.15, -0.1) is 0 Å². The van der Waals surface area contributed by atoms with Crippen molar-refractivity contribution >= 4 is 13.0 Å². The van der Waals surface area contributed by atoms with Gasteiger partial charge >= 0.3 is 0 Å². The Hall–Kier alpha value is -0.340. The summed E-state index contributed by atoms with van der Waals surface area (Å²) in [7, 11) is -2.25. The molecule has 0 radical (unpaired) electrons. The van der Waals surface area contributed by atoms with E-state index in [0.717, 1.165) is 0 Å². The standard InChI is InChI=1S/C6H15N2O2P/c1-3-11(10,4-2)5-6(9)8-7/h3-5,7H2,1-2H3,(H,8,9). The normalized spacial score (nSPS) is 11.2. The molecule has 0 saturated carbocycles. The lowest BCUT2D eigenvalue weighted by atomic mass is 10.7. The molecule has 0 spiro atoms. The highest BCUT2D eigenvalue weighted by Gasteiger charge is 2.20. The Labute approximate surface area is 66.9 Å². The van der Waals surface area contributed by atoms with Gasteiger partial charge < -0.3 is 4.57 Å². The predicted octanol–water partition coefficient (Wildman–Crippen LogP) is 0.379. The molecular formula is C6H15N2O2P. The van der Waals surface area contributed by atoms with Gasteiger partial charge in [-0.25, -0.2) is 5.84 Å². The van der Waals surface area contributed by atoms with E-state index in [1.54, 1.807) is 0 Å². The van der Waals surface area contributed by atoms with Crippen LogP contribution < -0.4 is 11.3 Å². The van der Waals surface area contributed by atoms with Crippen molar-refractivity contribution in [3.63, 3.8) is 0 Å². The van der Waals surface area contributed by atoms with Crippen LogP contribution in [0, 0.1) is 0 Å². The topological polar surface area (TPSA) is 72.2 Å². The molecule has 3 N–H and O–H groups in total. The van der Waals surface area contributed by atoms with Gasteiger partial charge in [0.1, 0.15) is 0 Å². The van der Waals surface area contributed by atoms with E-state index in [-0.39, 0.29) is 12.1 Å². The van der Waals surface area contributed by atoms with E-state index >= 15 is 0 Å². The van der Waals surface area contributed by atoms with Gasteiger partial charge in [0.15, 0.2) is 0 Å². The van der Waals surface area contributed by atoms with E-state index in [9.17, 15) is 9.36 Å². The Kier molecular flexibility index (Phi) is 4.38. The first-order valence-electron chi connectivity index (χ1n) is 3.64. The monoisotopic (exact) mass is 178 g/mol. The molecule has 0 aromatic carbocycles. The van der Waals surface area contributed by atoms with Gasteiger partial charge in [-0.3, -0.25) is 10.2 Å². The van der Waals surface area contributed by atoms with Crippen LogP contribution in [0.25, 0.3) is 0 Å². The number of nitrogens with one attached hydrogen (secondary N) is 1. The lowest BCUT2D eigenvalue weighted by molar-refractivity contribution is -0.118. The van der Waals surface area contributed by atoms with Crippen LogP contribution in [0.3, 0.4) is 0 Å². The second kappa shape index (κ2) is 4.52. The summed E-state index contributed by atoms with van der Waals surface area (Å²) in [4.78, 5) is 10.7. The zero-order chi connectivity index (χ0) is 8.91. The fourth-order valence-electron chi connectivity index (χ4n) is 0.755. The molecule has 4 nitrogen and oxygen atoms in total. The molecule has 0 aliphatic rings. The molecule has 11 heavy (non-hydrogen) atoms. The number of amides is 1. The van der Waals surface area contributed by atoms with Crippen molar-refractivity contribution in [2.24, 2.45) is 5.84 Å². The summed E-state index contributed by atoms with van der Waals surface area (Å²) >= 11 is 0. The molecule has 0 unspecified atom stereocenters. The molecule has 1 amide bonds. The number of carbonyl (C=O) groups excluding carboxylic acids is 1. The van der Waals surface area contributed by atoms with Crippen LogP contribution in [0.4, 0.5) is 0 Å². The number of hydrazine groups is 1. The minimum atomic E-state index is -2.25. The first-order chi connectivity index (χ1) is 5.08. The molecule has 0 bridgehead atoms. The second-order valence-electron chi connectivity index (χ2n) is 2.42. The number of hydrogen-bond acceptors (Lipinski definition) is 3. The van der Waals surface area contributed by atoms with Gasteiger partial charge in [-0.1, -0.05) is 13.8 Å². The van der Waals surface area contributed by atoms with Crippen molar-refractivity contribution in [2.45, 2.75) is 13.8 Å². The Balaban J connectivity index is 4.09. The molecule has 0 atom stereocenters. The summed E-state index contributed by atoms with van der Waals surface area (Å²) in [6, 6.07) is 0. The fourth-order valence-corrected chi connectivity index (χ4v) is 2.26. The second-order valence-corrected chi connectivity index (χ2v) is 6.11. The van der Waals surface area contributed by atoms with Crippen molar-refractivity contribution in [2.75, 3.05) is 18.5 Å². The molecule has 0 fully saturated rings. The van der Waals surface area contributed by atoms with Crippen molar-refractivity contribution in [3.05, 3.63) is 0 Å². The molecule has 0 aliphatic heterocycles. The third-order valence-corrected chi connectivity index (χ3v) is 4.91. The van der Waals surface area contributed by atoms with Crippen LogP contribution in [-0.4, -0.2) is 24.4 Å². The Morgan fingerprint density at radius 1 is 1.45 bits per heavy atom. The molecule has 0 saturated heterocycles. The third kappa shape index (κ3) is 3.54. The lowest BCUT2D eigenvalue weighted by Crippen LogP contribution is -2.32. The number of rotatable bonds is 4. The Morgan fingerprint density at radius 2 is 1.91 bits per heavy atom. The van der Waals surface area contributed by atoms with Crippen LogP contribution in [0.5, 0.6) is 0 Å². The molecule has 0 aromatic rings. The van der Waals surface area contributed by atoms with Gasteiger partial charge in [0.25, 0.3) is 0 Å². The number of nitrogens with two attached hydrogens (primary N) is 1. The molecule has 0 aliphatic carbocycles. The molecule has 66 valence electrons. The average Bonchev–Trinajstić information content (AvgIpc) is 2.04. The summed E-state index contributed by atoms with van der Waals surface area (Å²) in [6.07, 6.45) is 1.21. The Morgan fingerprint density at radius 3 is 2.18 bits per heavy atom. The molecule has 0 heterocycles. The maximum atomic E-state index is 11.6. The highest BCUT2D eigenvalue weighted by atomic mass is 31.2. The first kappa shape index (κ1) is 10.7. The highest BCUT2D eigenvalue weighted by molar-refractivity contribution is 7.64. The quantitative estimate of drug-likeness (QED) is 0.283. The molecular weight excluding hydrogens is 163 g/mol. The fraction of sp³-hybridized carbons (Fsp3) is 0.833. The third-order valence-electron chi connectivity index (χ3n) is 1.75. The summed E-state index contributed by atoms with van der Waals surface area (Å²) < 4.78 is 11.6. The highest BCUT2D eigenvalue weighted by Crippen LogP contribution is 2.43. The van der Waals surface area contributed by atoms with E-state index in [2.05, 4.69) is 0 Å².